The average molecular weight is 492 g/mol. The highest BCUT2D eigenvalue weighted by atomic mass is 32.1. The molecule has 0 radical (unpaired) electrons. The van der Waals surface area contributed by atoms with E-state index in [2.05, 4.69) is 20.1 Å². The van der Waals surface area contributed by atoms with Crippen molar-refractivity contribution in [3.05, 3.63) is 77.4 Å². The zero-order valence-electron chi connectivity index (χ0n) is 18.7. The van der Waals surface area contributed by atoms with Crippen molar-refractivity contribution in [2.45, 2.75) is 13.5 Å². The normalized spacial score (nSPS) is 11.2. The van der Waals surface area contributed by atoms with Gasteiger partial charge in [-0.2, -0.15) is 13.9 Å². The van der Waals surface area contributed by atoms with Gasteiger partial charge in [0.2, 0.25) is 0 Å². The number of pyridine rings is 1. The van der Waals surface area contributed by atoms with Gasteiger partial charge in [-0.3, -0.25) is 14.8 Å². The molecule has 0 aliphatic carbocycles. The van der Waals surface area contributed by atoms with Crippen LogP contribution in [0.3, 0.4) is 0 Å². The van der Waals surface area contributed by atoms with Crippen LogP contribution in [0.1, 0.15) is 16.1 Å². The summed E-state index contributed by atoms with van der Waals surface area (Å²) in [6, 6.07) is 15.4. The molecule has 0 unspecified atom stereocenters. The van der Waals surface area contributed by atoms with E-state index in [1.54, 1.807) is 34.5 Å². The number of thiazole rings is 1. The highest BCUT2D eigenvalue weighted by molar-refractivity contribution is 7.14. The van der Waals surface area contributed by atoms with Crippen molar-refractivity contribution in [2.75, 3.05) is 5.32 Å². The van der Waals surface area contributed by atoms with E-state index < -0.39 is 6.61 Å². The number of ether oxygens (including phenoxy) is 1. The number of aryl methyl sites for hydroxylation is 1. The van der Waals surface area contributed by atoms with Crippen LogP contribution >= 0.6 is 11.3 Å². The van der Waals surface area contributed by atoms with Crippen molar-refractivity contribution < 1.29 is 18.3 Å². The number of anilines is 1. The van der Waals surface area contributed by atoms with Crippen LogP contribution in [0.5, 0.6) is 5.75 Å². The molecule has 0 saturated heterocycles. The topological polar surface area (TPSA) is 81.9 Å². The number of rotatable bonds is 6. The number of fused-ring (bicyclic) bond motifs is 1. The molecular formula is C25H19F2N5O2S. The molecule has 5 rings (SSSR count). The number of nitrogens with one attached hydrogen (secondary N) is 1. The summed E-state index contributed by atoms with van der Waals surface area (Å²) in [5, 5.41) is 10.1. The lowest BCUT2D eigenvalue weighted by Gasteiger charge is -2.09. The van der Waals surface area contributed by atoms with Crippen molar-refractivity contribution in [1.29, 1.82) is 0 Å². The Morgan fingerprint density at radius 3 is 2.57 bits per heavy atom. The maximum absolute atomic E-state index is 13.3. The van der Waals surface area contributed by atoms with E-state index in [0.29, 0.717) is 33.2 Å². The van der Waals surface area contributed by atoms with E-state index in [1.165, 1.54) is 23.5 Å². The van der Waals surface area contributed by atoms with Crippen LogP contribution < -0.4 is 10.1 Å². The second-order valence-corrected chi connectivity index (χ2v) is 8.59. The predicted molar refractivity (Wildman–Crippen MR) is 131 cm³/mol. The van der Waals surface area contributed by atoms with E-state index in [-0.39, 0.29) is 11.7 Å². The zero-order valence-corrected chi connectivity index (χ0v) is 19.5. The van der Waals surface area contributed by atoms with Gasteiger partial charge in [0.1, 0.15) is 5.75 Å². The van der Waals surface area contributed by atoms with Crippen LogP contribution in [-0.2, 0) is 7.05 Å². The van der Waals surface area contributed by atoms with Gasteiger partial charge in [0, 0.05) is 34.6 Å². The Morgan fingerprint density at radius 1 is 1.09 bits per heavy atom. The van der Waals surface area contributed by atoms with Crippen LogP contribution in [0.2, 0.25) is 0 Å². The Kier molecular flexibility index (Phi) is 5.96. The highest BCUT2D eigenvalue weighted by Crippen LogP contribution is 2.30. The molecule has 0 saturated carbocycles. The molecule has 1 amide bonds. The summed E-state index contributed by atoms with van der Waals surface area (Å²) in [6.07, 6.45) is 1.73. The largest absolute Gasteiger partial charge is 0.435 e. The van der Waals surface area contributed by atoms with E-state index in [9.17, 15) is 13.6 Å². The number of alkyl halides is 2. The van der Waals surface area contributed by atoms with Crippen LogP contribution in [0, 0.1) is 6.92 Å². The number of carbonyl (C=O) groups is 1. The predicted octanol–water partition coefficient (Wildman–Crippen LogP) is 5.92. The monoisotopic (exact) mass is 491 g/mol. The molecule has 176 valence electrons. The van der Waals surface area contributed by atoms with E-state index in [4.69, 9.17) is 4.98 Å². The number of halogens is 2. The quantitative estimate of drug-likeness (QED) is 0.319. The van der Waals surface area contributed by atoms with Gasteiger partial charge in [0.15, 0.2) is 5.13 Å². The summed E-state index contributed by atoms with van der Waals surface area (Å²) in [6.45, 7) is -0.934. The summed E-state index contributed by atoms with van der Waals surface area (Å²) >= 11 is 1.27. The van der Waals surface area contributed by atoms with Gasteiger partial charge in [-0.05, 0) is 43.3 Å². The summed E-state index contributed by atoms with van der Waals surface area (Å²) in [5.74, 6) is -0.246. The minimum atomic E-state index is -2.88. The number of para-hydroxylation sites is 1. The lowest BCUT2D eigenvalue weighted by Crippen LogP contribution is -2.13. The van der Waals surface area contributed by atoms with Gasteiger partial charge < -0.3 is 4.74 Å². The molecule has 35 heavy (non-hydrogen) atoms. The van der Waals surface area contributed by atoms with E-state index in [0.717, 1.165) is 16.6 Å². The molecule has 10 heteroatoms. The van der Waals surface area contributed by atoms with Crippen LogP contribution in [0.15, 0.2) is 66.2 Å². The molecule has 3 heterocycles. The van der Waals surface area contributed by atoms with Gasteiger partial charge in [-0.1, -0.05) is 18.2 Å². The molecule has 0 aliphatic rings. The van der Waals surface area contributed by atoms with E-state index in [1.807, 2.05) is 38.2 Å². The molecule has 0 aliphatic heterocycles. The van der Waals surface area contributed by atoms with Gasteiger partial charge in [0.05, 0.1) is 28.7 Å². The summed E-state index contributed by atoms with van der Waals surface area (Å²) in [4.78, 5) is 22.5. The maximum Gasteiger partial charge on any atom is 0.387 e. The lowest BCUT2D eigenvalue weighted by atomic mass is 10.0. The van der Waals surface area contributed by atoms with Crippen LogP contribution in [-0.4, -0.2) is 32.3 Å². The molecule has 0 fully saturated rings. The molecule has 0 spiro atoms. The lowest BCUT2D eigenvalue weighted by molar-refractivity contribution is -0.0498. The fourth-order valence-electron chi connectivity index (χ4n) is 3.69. The SMILES string of the molecule is Cc1c(-c2cc(C(=O)Nc3nc(-c4ccc(OC(F)F)cc4)cs3)c3ccccc3n2)cnn1C. The van der Waals surface area contributed by atoms with Gasteiger partial charge in [-0.15, -0.1) is 11.3 Å². The Hall–Kier alpha value is -4.18. The standard InChI is InChI=1S/C25H19F2N5O2S/c1-14-19(12-28-32(14)2)21-11-18(17-5-3-4-6-20(17)29-21)23(33)31-25-30-22(13-35-25)15-7-9-16(10-8-15)34-24(26)27/h3-13,24H,1-2H3,(H,30,31,33). The molecule has 0 atom stereocenters. The number of aromatic nitrogens is 4. The first kappa shape index (κ1) is 22.6. The first-order valence-electron chi connectivity index (χ1n) is 10.6. The number of amides is 1. The van der Waals surface area contributed by atoms with Crippen LogP contribution in [0.4, 0.5) is 13.9 Å². The maximum atomic E-state index is 13.3. The van der Waals surface area contributed by atoms with Crippen molar-refractivity contribution in [1.82, 2.24) is 19.7 Å². The molecule has 2 aromatic carbocycles. The van der Waals surface area contributed by atoms with Gasteiger partial charge in [-0.25, -0.2) is 9.97 Å². The number of benzene rings is 2. The third kappa shape index (κ3) is 4.60. The Morgan fingerprint density at radius 2 is 1.86 bits per heavy atom. The second-order valence-electron chi connectivity index (χ2n) is 7.73. The minimum absolute atomic E-state index is 0.0664. The number of nitrogens with zero attached hydrogens (tertiary/aromatic N) is 4. The Labute approximate surface area is 203 Å². The minimum Gasteiger partial charge on any atom is -0.435 e. The van der Waals surface area contributed by atoms with Crippen LogP contribution in [0.25, 0.3) is 33.4 Å². The van der Waals surface area contributed by atoms with Crippen molar-refractivity contribution in [3.63, 3.8) is 0 Å². The molecule has 5 aromatic rings. The highest BCUT2D eigenvalue weighted by Gasteiger charge is 2.18. The third-order valence-corrected chi connectivity index (χ3v) is 6.33. The fourth-order valence-corrected chi connectivity index (χ4v) is 4.40. The molecule has 3 aromatic heterocycles. The molecular weight excluding hydrogens is 472 g/mol. The fraction of sp³-hybridized carbons (Fsp3) is 0.120. The second kappa shape index (κ2) is 9.22. The first-order valence-corrected chi connectivity index (χ1v) is 11.5. The number of hydrogen-bond donors (Lipinski definition) is 1. The molecule has 0 bridgehead atoms. The van der Waals surface area contributed by atoms with E-state index >= 15 is 0 Å². The van der Waals surface area contributed by atoms with Crippen molar-refractivity contribution in [2.24, 2.45) is 7.05 Å². The molecule has 7 nitrogen and oxygen atoms in total. The average Bonchev–Trinajstić information content (AvgIpc) is 3.45. The first-order chi connectivity index (χ1) is 16.9. The van der Waals surface area contributed by atoms with Crippen molar-refractivity contribution >= 4 is 33.3 Å². The summed E-state index contributed by atoms with van der Waals surface area (Å²) in [7, 11) is 1.85. The summed E-state index contributed by atoms with van der Waals surface area (Å²) in [5.41, 5.74) is 4.94. The smallest absolute Gasteiger partial charge is 0.387 e. The summed E-state index contributed by atoms with van der Waals surface area (Å²) < 4.78 is 30.9. The van der Waals surface area contributed by atoms with Gasteiger partial charge >= 0.3 is 6.61 Å². The number of carbonyl (C=O) groups excluding carboxylic acids is 1. The van der Waals surface area contributed by atoms with Crippen molar-refractivity contribution in [3.8, 4) is 28.3 Å². The number of hydrogen-bond acceptors (Lipinski definition) is 6. The Balaban J connectivity index is 1.43. The molecule has 1 N–H and O–H groups in total. The Bertz CT molecular complexity index is 1530. The zero-order chi connectivity index (χ0) is 24.5. The third-order valence-electron chi connectivity index (χ3n) is 5.57. The van der Waals surface area contributed by atoms with Gasteiger partial charge in [0.25, 0.3) is 5.91 Å².